The number of nitrogens with one attached hydrogen (secondary N) is 2. The second-order valence-corrected chi connectivity index (χ2v) is 10.3. The van der Waals surface area contributed by atoms with Crippen LogP contribution >= 0.6 is 11.6 Å². The van der Waals surface area contributed by atoms with Crippen LogP contribution in [0.2, 0.25) is 5.02 Å². The minimum absolute atomic E-state index is 0.0104. The molecule has 0 aliphatic carbocycles. The number of carbonyl (C=O) groups excluding carboxylic acids is 2. The highest BCUT2D eigenvalue weighted by Gasteiger charge is 2.33. The largest absolute Gasteiger partial charge is 0.350 e. The molecule has 7 nitrogen and oxygen atoms in total. The average Bonchev–Trinajstić information content (AvgIpc) is 2.79. The SMILES string of the molecule is CCC(C)NC(=O)c1ccccc1NC(=O)C1CCCN(S(=O)(=O)c2ccc(Cl)cc2)C1. The van der Waals surface area contributed by atoms with E-state index in [1.165, 1.54) is 28.6 Å². The van der Waals surface area contributed by atoms with Crippen molar-refractivity contribution in [3.8, 4) is 0 Å². The smallest absolute Gasteiger partial charge is 0.253 e. The molecule has 1 heterocycles. The minimum Gasteiger partial charge on any atom is -0.350 e. The van der Waals surface area contributed by atoms with Crippen molar-refractivity contribution in [2.45, 2.75) is 44.0 Å². The predicted molar refractivity (Wildman–Crippen MR) is 125 cm³/mol. The van der Waals surface area contributed by atoms with Crippen molar-refractivity contribution < 1.29 is 18.0 Å². The lowest BCUT2D eigenvalue weighted by molar-refractivity contribution is -0.120. The Hall–Kier alpha value is -2.42. The molecule has 1 aliphatic heterocycles. The Morgan fingerprint density at radius 3 is 2.53 bits per heavy atom. The van der Waals surface area contributed by atoms with Gasteiger partial charge in [-0.25, -0.2) is 8.42 Å². The van der Waals surface area contributed by atoms with Gasteiger partial charge in [-0.3, -0.25) is 9.59 Å². The zero-order chi connectivity index (χ0) is 23.3. The van der Waals surface area contributed by atoms with Gasteiger partial charge in [-0.05, 0) is 62.6 Å². The van der Waals surface area contributed by atoms with E-state index >= 15 is 0 Å². The first-order chi connectivity index (χ1) is 15.2. The Morgan fingerprint density at radius 2 is 1.84 bits per heavy atom. The van der Waals surface area contributed by atoms with Gasteiger partial charge in [0.1, 0.15) is 0 Å². The van der Waals surface area contributed by atoms with Crippen molar-refractivity contribution in [2.75, 3.05) is 18.4 Å². The van der Waals surface area contributed by atoms with Gasteiger partial charge in [-0.2, -0.15) is 4.31 Å². The van der Waals surface area contributed by atoms with Crippen LogP contribution in [0.3, 0.4) is 0 Å². The fourth-order valence-electron chi connectivity index (χ4n) is 3.56. The van der Waals surface area contributed by atoms with Gasteiger partial charge in [0, 0.05) is 24.2 Å². The topological polar surface area (TPSA) is 95.6 Å². The van der Waals surface area contributed by atoms with Crippen molar-refractivity contribution in [1.29, 1.82) is 0 Å². The molecule has 1 saturated heterocycles. The molecule has 2 atom stereocenters. The Kier molecular flexibility index (Phi) is 7.92. The predicted octanol–water partition coefficient (Wildman–Crippen LogP) is 3.91. The number of benzene rings is 2. The zero-order valence-electron chi connectivity index (χ0n) is 18.2. The number of carbonyl (C=O) groups is 2. The molecule has 2 N–H and O–H groups in total. The highest BCUT2D eigenvalue weighted by atomic mass is 35.5. The number of sulfonamides is 1. The summed E-state index contributed by atoms with van der Waals surface area (Å²) in [5, 5.41) is 6.19. The van der Waals surface area contributed by atoms with E-state index in [0.717, 1.165) is 6.42 Å². The van der Waals surface area contributed by atoms with E-state index in [1.807, 2.05) is 13.8 Å². The molecule has 2 aromatic rings. The Balaban J connectivity index is 1.73. The van der Waals surface area contributed by atoms with Crippen LogP contribution in [0.1, 0.15) is 43.5 Å². The molecular weight excluding hydrogens is 450 g/mol. The van der Waals surface area contributed by atoms with Crippen LogP contribution in [-0.2, 0) is 14.8 Å². The van der Waals surface area contributed by atoms with Gasteiger partial charge in [0.25, 0.3) is 5.91 Å². The van der Waals surface area contributed by atoms with Crippen LogP contribution in [0.5, 0.6) is 0 Å². The summed E-state index contributed by atoms with van der Waals surface area (Å²) in [7, 11) is -3.73. The lowest BCUT2D eigenvalue weighted by atomic mass is 9.98. The van der Waals surface area contributed by atoms with Crippen molar-refractivity contribution in [3.05, 3.63) is 59.1 Å². The van der Waals surface area contributed by atoms with E-state index < -0.39 is 15.9 Å². The number of amides is 2. The molecule has 2 amide bonds. The van der Waals surface area contributed by atoms with E-state index in [-0.39, 0.29) is 29.3 Å². The first-order valence-corrected chi connectivity index (χ1v) is 12.5. The lowest BCUT2D eigenvalue weighted by Crippen LogP contribution is -2.43. The molecule has 1 aliphatic rings. The first-order valence-electron chi connectivity index (χ1n) is 10.7. The van der Waals surface area contributed by atoms with Gasteiger partial charge in [0.15, 0.2) is 0 Å². The third-order valence-electron chi connectivity index (χ3n) is 5.63. The summed E-state index contributed by atoms with van der Waals surface area (Å²) in [5.74, 6) is -1.08. The van der Waals surface area contributed by atoms with E-state index in [1.54, 1.807) is 24.3 Å². The molecule has 2 unspecified atom stereocenters. The van der Waals surface area contributed by atoms with Crippen molar-refractivity contribution in [3.63, 3.8) is 0 Å². The van der Waals surface area contributed by atoms with Gasteiger partial charge in [0.2, 0.25) is 15.9 Å². The molecule has 1 fully saturated rings. The summed E-state index contributed by atoms with van der Waals surface area (Å²) >= 11 is 5.87. The van der Waals surface area contributed by atoms with E-state index in [0.29, 0.717) is 35.7 Å². The minimum atomic E-state index is -3.73. The second kappa shape index (κ2) is 10.5. The molecule has 0 spiro atoms. The van der Waals surface area contributed by atoms with Crippen molar-refractivity contribution >= 4 is 39.1 Å². The first kappa shape index (κ1) is 24.2. The molecule has 32 heavy (non-hydrogen) atoms. The maximum absolute atomic E-state index is 13.0. The number of piperidine rings is 1. The molecule has 2 aromatic carbocycles. The third kappa shape index (κ3) is 5.68. The molecule has 9 heteroatoms. The van der Waals surface area contributed by atoms with Crippen LogP contribution in [0.15, 0.2) is 53.4 Å². The molecule has 0 bridgehead atoms. The van der Waals surface area contributed by atoms with Gasteiger partial charge < -0.3 is 10.6 Å². The molecule has 0 radical (unpaired) electrons. The average molecular weight is 478 g/mol. The summed E-state index contributed by atoms with van der Waals surface area (Å²) in [4.78, 5) is 25.7. The van der Waals surface area contributed by atoms with Gasteiger partial charge in [-0.15, -0.1) is 0 Å². The normalized spacial score (nSPS) is 18.0. The Labute approximate surface area is 194 Å². The summed E-state index contributed by atoms with van der Waals surface area (Å²) in [6.07, 6.45) is 1.93. The van der Waals surface area contributed by atoms with Crippen molar-refractivity contribution in [1.82, 2.24) is 9.62 Å². The number of rotatable bonds is 7. The van der Waals surface area contributed by atoms with Gasteiger partial charge in [0.05, 0.1) is 22.1 Å². The van der Waals surface area contributed by atoms with Crippen LogP contribution < -0.4 is 10.6 Å². The standard InChI is InChI=1S/C23H28ClN3O4S/c1-3-16(2)25-23(29)20-8-4-5-9-21(20)26-22(28)17-7-6-14-27(15-17)32(30,31)19-12-10-18(24)11-13-19/h4-5,8-13,16-17H,3,6-7,14-15H2,1-2H3,(H,25,29)(H,26,28). The maximum atomic E-state index is 13.0. The van der Waals surface area contributed by atoms with Gasteiger partial charge in [-0.1, -0.05) is 30.7 Å². The van der Waals surface area contributed by atoms with E-state index in [9.17, 15) is 18.0 Å². The molecule has 172 valence electrons. The fraction of sp³-hybridized carbons (Fsp3) is 0.391. The summed E-state index contributed by atoms with van der Waals surface area (Å²) in [6.45, 7) is 4.32. The summed E-state index contributed by atoms with van der Waals surface area (Å²) in [6, 6.07) is 12.8. The summed E-state index contributed by atoms with van der Waals surface area (Å²) < 4.78 is 27.3. The molecule has 3 rings (SSSR count). The van der Waals surface area contributed by atoms with Crippen LogP contribution in [-0.4, -0.2) is 43.7 Å². The molecule has 0 saturated carbocycles. The van der Waals surface area contributed by atoms with Gasteiger partial charge >= 0.3 is 0 Å². The Morgan fingerprint density at radius 1 is 1.16 bits per heavy atom. The second-order valence-electron chi connectivity index (χ2n) is 7.97. The number of halogens is 1. The number of hydrogen-bond acceptors (Lipinski definition) is 4. The zero-order valence-corrected chi connectivity index (χ0v) is 19.7. The number of para-hydroxylation sites is 1. The van der Waals surface area contributed by atoms with Crippen LogP contribution in [0.25, 0.3) is 0 Å². The molecular formula is C23H28ClN3O4S. The quantitative estimate of drug-likeness (QED) is 0.632. The van der Waals surface area contributed by atoms with Crippen LogP contribution in [0.4, 0.5) is 5.69 Å². The monoisotopic (exact) mass is 477 g/mol. The lowest BCUT2D eigenvalue weighted by Gasteiger charge is -2.31. The maximum Gasteiger partial charge on any atom is 0.253 e. The summed E-state index contributed by atoms with van der Waals surface area (Å²) in [5.41, 5.74) is 0.790. The Bertz CT molecular complexity index is 1070. The number of hydrogen-bond donors (Lipinski definition) is 2. The van der Waals surface area contributed by atoms with E-state index in [4.69, 9.17) is 11.6 Å². The highest BCUT2D eigenvalue weighted by molar-refractivity contribution is 7.89. The highest BCUT2D eigenvalue weighted by Crippen LogP contribution is 2.26. The molecule has 0 aromatic heterocycles. The third-order valence-corrected chi connectivity index (χ3v) is 7.76. The fourth-order valence-corrected chi connectivity index (χ4v) is 5.21. The van der Waals surface area contributed by atoms with E-state index in [2.05, 4.69) is 10.6 Å². The number of anilines is 1. The number of nitrogens with zero attached hydrogens (tertiary/aromatic N) is 1. The van der Waals surface area contributed by atoms with Crippen LogP contribution in [0, 0.1) is 5.92 Å². The van der Waals surface area contributed by atoms with Crippen molar-refractivity contribution in [2.24, 2.45) is 5.92 Å².